The maximum absolute atomic E-state index is 12.7. The Morgan fingerprint density at radius 1 is 0.957 bits per heavy atom. The van der Waals surface area contributed by atoms with Crippen LogP contribution in [-0.2, 0) is 6.42 Å². The van der Waals surface area contributed by atoms with Gasteiger partial charge in [0.15, 0.2) is 5.78 Å². The molecule has 1 N–H and O–H groups in total. The monoisotopic (exact) mass is 310 g/mol. The summed E-state index contributed by atoms with van der Waals surface area (Å²) < 4.78 is 0. The molecule has 120 valence electrons. The summed E-state index contributed by atoms with van der Waals surface area (Å²) in [7, 11) is 0. The third-order valence-corrected chi connectivity index (χ3v) is 3.88. The van der Waals surface area contributed by atoms with E-state index in [0.29, 0.717) is 17.0 Å². The van der Waals surface area contributed by atoms with Gasteiger partial charge in [-0.15, -0.1) is 0 Å². The zero-order valence-corrected chi connectivity index (χ0v) is 13.6. The van der Waals surface area contributed by atoms with E-state index in [1.807, 2.05) is 24.3 Å². The molecule has 3 nitrogen and oxygen atoms in total. The van der Waals surface area contributed by atoms with E-state index < -0.39 is 5.97 Å². The van der Waals surface area contributed by atoms with Crippen LogP contribution < -0.4 is 0 Å². The van der Waals surface area contributed by atoms with Crippen LogP contribution in [0.5, 0.6) is 0 Å². The smallest absolute Gasteiger partial charge is 0.335 e. The van der Waals surface area contributed by atoms with E-state index in [0.717, 1.165) is 24.8 Å². The van der Waals surface area contributed by atoms with Crippen LogP contribution in [0.3, 0.4) is 0 Å². The highest BCUT2D eigenvalue weighted by atomic mass is 16.4. The lowest BCUT2D eigenvalue weighted by Gasteiger charge is -2.10. The molecule has 0 aliphatic rings. The fourth-order valence-corrected chi connectivity index (χ4v) is 2.58. The zero-order chi connectivity index (χ0) is 16.8. The van der Waals surface area contributed by atoms with Crippen LogP contribution in [-0.4, -0.2) is 16.9 Å². The molecule has 2 aromatic carbocycles. The molecule has 0 bridgehead atoms. The second-order valence-corrected chi connectivity index (χ2v) is 6.15. The van der Waals surface area contributed by atoms with Crippen LogP contribution in [0.25, 0.3) is 0 Å². The zero-order valence-electron chi connectivity index (χ0n) is 13.6. The topological polar surface area (TPSA) is 54.4 Å². The normalized spacial score (nSPS) is 10.7. The summed E-state index contributed by atoms with van der Waals surface area (Å²) in [6.07, 6.45) is 3.07. The highest BCUT2D eigenvalue weighted by molar-refractivity contribution is 6.10. The van der Waals surface area contributed by atoms with Gasteiger partial charge in [-0.1, -0.05) is 56.7 Å². The number of benzene rings is 2. The predicted octanol–water partition coefficient (Wildman–Crippen LogP) is 4.59. The van der Waals surface area contributed by atoms with Crippen molar-refractivity contribution in [2.75, 3.05) is 0 Å². The van der Waals surface area contributed by atoms with Gasteiger partial charge >= 0.3 is 5.97 Å². The summed E-state index contributed by atoms with van der Waals surface area (Å²) in [6.45, 7) is 4.39. The lowest BCUT2D eigenvalue weighted by Crippen LogP contribution is -2.06. The molecule has 0 radical (unpaired) electrons. The Bertz CT molecular complexity index is 684. The molecule has 0 aliphatic heterocycles. The second kappa shape index (κ2) is 7.73. The number of aromatic carboxylic acids is 1. The van der Waals surface area contributed by atoms with Crippen LogP contribution in [0.4, 0.5) is 0 Å². The van der Waals surface area contributed by atoms with Gasteiger partial charge in [0.05, 0.1) is 5.56 Å². The van der Waals surface area contributed by atoms with E-state index >= 15 is 0 Å². The fourth-order valence-electron chi connectivity index (χ4n) is 2.58. The van der Waals surface area contributed by atoms with Gasteiger partial charge in [-0.2, -0.15) is 0 Å². The number of hydrogen-bond donors (Lipinski definition) is 1. The number of carboxylic acids is 1. The van der Waals surface area contributed by atoms with Gasteiger partial charge in [-0.3, -0.25) is 4.79 Å². The first kappa shape index (κ1) is 16.9. The number of carboxylic acid groups (broad SMARTS) is 1. The number of rotatable bonds is 7. The lowest BCUT2D eigenvalue weighted by molar-refractivity contribution is 0.0696. The Balaban J connectivity index is 2.20. The molecular formula is C20H22O3. The molecule has 2 rings (SSSR count). The van der Waals surface area contributed by atoms with E-state index in [-0.39, 0.29) is 11.3 Å². The molecule has 0 unspecified atom stereocenters. The van der Waals surface area contributed by atoms with Crippen LogP contribution in [0.1, 0.15) is 58.5 Å². The minimum Gasteiger partial charge on any atom is -0.478 e. The molecule has 0 saturated heterocycles. The number of hydrogen-bond acceptors (Lipinski definition) is 2. The predicted molar refractivity (Wildman–Crippen MR) is 91.1 cm³/mol. The van der Waals surface area contributed by atoms with E-state index in [1.165, 1.54) is 12.1 Å². The summed E-state index contributed by atoms with van der Waals surface area (Å²) >= 11 is 0. The first-order chi connectivity index (χ1) is 11.0. The van der Waals surface area contributed by atoms with Crippen molar-refractivity contribution in [3.05, 3.63) is 70.8 Å². The van der Waals surface area contributed by atoms with Gasteiger partial charge in [0.2, 0.25) is 0 Å². The summed E-state index contributed by atoms with van der Waals surface area (Å²) in [4.78, 5) is 23.6. The molecule has 3 heteroatoms. The van der Waals surface area contributed by atoms with E-state index in [1.54, 1.807) is 12.1 Å². The summed E-state index contributed by atoms with van der Waals surface area (Å²) in [6, 6.07) is 13.8. The first-order valence-electron chi connectivity index (χ1n) is 7.95. The molecule has 0 saturated carbocycles. The molecule has 0 fully saturated rings. The molecule has 2 aromatic rings. The van der Waals surface area contributed by atoms with Gasteiger partial charge in [-0.25, -0.2) is 4.79 Å². The van der Waals surface area contributed by atoms with E-state index in [9.17, 15) is 9.59 Å². The Labute approximate surface area is 137 Å². The van der Waals surface area contributed by atoms with Crippen LogP contribution in [0.15, 0.2) is 48.5 Å². The Hall–Kier alpha value is -2.42. The first-order valence-corrected chi connectivity index (χ1v) is 7.95. The Morgan fingerprint density at radius 2 is 1.57 bits per heavy atom. The largest absolute Gasteiger partial charge is 0.478 e. The van der Waals surface area contributed by atoms with E-state index in [4.69, 9.17) is 5.11 Å². The quantitative estimate of drug-likeness (QED) is 0.761. The molecule has 0 aliphatic carbocycles. The minimum atomic E-state index is -0.988. The average Bonchev–Trinajstić information content (AvgIpc) is 2.54. The average molecular weight is 310 g/mol. The van der Waals surface area contributed by atoms with Crippen molar-refractivity contribution in [1.82, 2.24) is 0 Å². The third-order valence-electron chi connectivity index (χ3n) is 3.88. The van der Waals surface area contributed by atoms with Crippen LogP contribution in [0.2, 0.25) is 0 Å². The van der Waals surface area contributed by atoms with Crippen molar-refractivity contribution in [2.24, 2.45) is 5.92 Å². The van der Waals surface area contributed by atoms with Gasteiger partial charge in [0, 0.05) is 11.1 Å². The lowest BCUT2D eigenvalue weighted by atomic mass is 9.94. The number of carbonyl (C=O) groups is 2. The van der Waals surface area contributed by atoms with Crippen molar-refractivity contribution in [3.8, 4) is 0 Å². The number of carbonyl (C=O) groups excluding carboxylic acids is 1. The van der Waals surface area contributed by atoms with Crippen LogP contribution in [0, 0.1) is 5.92 Å². The Morgan fingerprint density at radius 3 is 2.17 bits per heavy atom. The van der Waals surface area contributed by atoms with E-state index in [2.05, 4.69) is 13.8 Å². The van der Waals surface area contributed by atoms with Crippen molar-refractivity contribution in [2.45, 2.75) is 33.1 Å². The third kappa shape index (κ3) is 4.52. The summed E-state index contributed by atoms with van der Waals surface area (Å²) in [5.74, 6) is -0.387. The summed E-state index contributed by atoms with van der Waals surface area (Å²) in [5.41, 5.74) is 2.47. The van der Waals surface area contributed by atoms with Crippen LogP contribution >= 0.6 is 0 Å². The SMILES string of the molecule is CC(C)CCCc1ccccc1C(=O)c1ccc(C(=O)O)cc1. The maximum Gasteiger partial charge on any atom is 0.335 e. The molecule has 0 spiro atoms. The number of aryl methyl sites for hydroxylation is 1. The van der Waals surface area contributed by atoms with Crippen molar-refractivity contribution < 1.29 is 14.7 Å². The highest BCUT2D eigenvalue weighted by Gasteiger charge is 2.14. The maximum atomic E-state index is 12.7. The highest BCUT2D eigenvalue weighted by Crippen LogP contribution is 2.18. The Kier molecular flexibility index (Phi) is 5.69. The standard InChI is InChI=1S/C20H22O3/c1-14(2)6-5-8-15-7-3-4-9-18(15)19(21)16-10-12-17(13-11-16)20(22)23/h3-4,7,9-14H,5-6,8H2,1-2H3,(H,22,23). The van der Waals surface area contributed by atoms with Crippen molar-refractivity contribution in [1.29, 1.82) is 0 Å². The fraction of sp³-hybridized carbons (Fsp3) is 0.300. The summed E-state index contributed by atoms with van der Waals surface area (Å²) in [5, 5.41) is 8.93. The molecule has 0 heterocycles. The molecule has 23 heavy (non-hydrogen) atoms. The molecule has 0 aromatic heterocycles. The molecule has 0 amide bonds. The van der Waals surface area contributed by atoms with Gasteiger partial charge in [-0.05, 0) is 36.5 Å². The van der Waals surface area contributed by atoms with Crippen molar-refractivity contribution in [3.63, 3.8) is 0 Å². The number of ketones is 1. The molecular weight excluding hydrogens is 288 g/mol. The van der Waals surface area contributed by atoms with Gasteiger partial charge in [0.1, 0.15) is 0 Å². The van der Waals surface area contributed by atoms with Crippen molar-refractivity contribution >= 4 is 11.8 Å². The molecule has 0 atom stereocenters. The minimum absolute atomic E-state index is 0.0536. The van der Waals surface area contributed by atoms with Gasteiger partial charge in [0.25, 0.3) is 0 Å². The second-order valence-electron chi connectivity index (χ2n) is 6.15. The van der Waals surface area contributed by atoms with Gasteiger partial charge < -0.3 is 5.11 Å².